The van der Waals surface area contributed by atoms with Crippen LogP contribution in [0.15, 0.2) is 18.2 Å². The van der Waals surface area contributed by atoms with Gasteiger partial charge >= 0.3 is 0 Å². The maximum absolute atomic E-state index is 13.4. The third-order valence-electron chi connectivity index (χ3n) is 3.32. The minimum Gasteiger partial charge on any atom is -0.391 e. The summed E-state index contributed by atoms with van der Waals surface area (Å²) in [7, 11) is 0. The van der Waals surface area contributed by atoms with Crippen molar-refractivity contribution >= 4 is 12.4 Å². The maximum atomic E-state index is 13.4. The average molecular weight is 264 g/mol. The highest BCUT2D eigenvalue weighted by molar-refractivity contribution is 5.85. The molecule has 5 heteroatoms. The van der Waals surface area contributed by atoms with E-state index < -0.39 is 23.8 Å². The fourth-order valence-electron chi connectivity index (χ4n) is 2.03. The minimum atomic E-state index is -0.772. The maximum Gasteiger partial charge on any atom is 0.130 e. The molecule has 0 unspecified atom stereocenters. The molecule has 2 nitrogen and oxygen atoms in total. The van der Waals surface area contributed by atoms with Crippen molar-refractivity contribution in [1.29, 1.82) is 0 Å². The van der Waals surface area contributed by atoms with Gasteiger partial charge < -0.3 is 10.8 Å². The van der Waals surface area contributed by atoms with Gasteiger partial charge in [0.2, 0.25) is 0 Å². The highest BCUT2D eigenvalue weighted by Gasteiger charge is 2.31. The molecule has 0 saturated heterocycles. The molecule has 0 aliphatic heterocycles. The highest BCUT2D eigenvalue weighted by Crippen LogP contribution is 2.34. The van der Waals surface area contributed by atoms with E-state index in [0.717, 1.165) is 31.4 Å². The van der Waals surface area contributed by atoms with Gasteiger partial charge in [-0.2, -0.15) is 0 Å². The number of hydrogen-bond acceptors (Lipinski definition) is 2. The summed E-state index contributed by atoms with van der Waals surface area (Å²) in [5, 5.41) is 9.90. The van der Waals surface area contributed by atoms with Gasteiger partial charge in [-0.3, -0.25) is 0 Å². The number of rotatable bonds is 3. The first-order valence-corrected chi connectivity index (χ1v) is 5.48. The molecular weight excluding hydrogens is 248 g/mol. The highest BCUT2D eigenvalue weighted by atomic mass is 35.5. The van der Waals surface area contributed by atoms with E-state index in [-0.39, 0.29) is 23.9 Å². The van der Waals surface area contributed by atoms with E-state index in [1.165, 1.54) is 6.07 Å². The van der Waals surface area contributed by atoms with Crippen LogP contribution in [0.2, 0.25) is 0 Å². The molecule has 2 atom stereocenters. The molecule has 2 rings (SSSR count). The summed E-state index contributed by atoms with van der Waals surface area (Å²) in [5.74, 6) is -1.17. The van der Waals surface area contributed by atoms with Crippen molar-refractivity contribution in [1.82, 2.24) is 0 Å². The van der Waals surface area contributed by atoms with Gasteiger partial charge in [0, 0.05) is 11.6 Å². The number of halogens is 3. The first-order chi connectivity index (χ1) is 7.59. The Labute approximate surface area is 105 Å². The van der Waals surface area contributed by atoms with Crippen LogP contribution in [0.5, 0.6) is 0 Å². The van der Waals surface area contributed by atoms with E-state index in [9.17, 15) is 13.9 Å². The van der Waals surface area contributed by atoms with Crippen LogP contribution in [0, 0.1) is 17.6 Å². The smallest absolute Gasteiger partial charge is 0.130 e. The van der Waals surface area contributed by atoms with Crippen molar-refractivity contribution < 1.29 is 13.9 Å². The monoisotopic (exact) mass is 263 g/mol. The molecular formula is C12H16ClF2NO. The molecule has 0 radical (unpaired) electrons. The van der Waals surface area contributed by atoms with Crippen molar-refractivity contribution in [3.63, 3.8) is 0 Å². The standard InChI is InChI=1S/C12H15F2NO.ClH/c13-8-4-5-9(10(14)6-8)11(15)12(16)7-2-1-3-7;/h4-7,11-12,16H,1-3,15H2;1H/t11-,12+;/m0./s1. The zero-order valence-electron chi connectivity index (χ0n) is 9.27. The largest absolute Gasteiger partial charge is 0.391 e. The Morgan fingerprint density at radius 1 is 1.29 bits per heavy atom. The molecule has 0 spiro atoms. The van der Waals surface area contributed by atoms with Gasteiger partial charge in [0.25, 0.3) is 0 Å². The van der Waals surface area contributed by atoms with Crippen LogP contribution in [-0.4, -0.2) is 11.2 Å². The first kappa shape index (κ1) is 14.4. The van der Waals surface area contributed by atoms with Gasteiger partial charge in [-0.1, -0.05) is 12.5 Å². The average Bonchev–Trinajstić information content (AvgIpc) is 2.14. The lowest BCUT2D eigenvalue weighted by Gasteiger charge is -2.33. The van der Waals surface area contributed by atoms with E-state index in [1.54, 1.807) is 0 Å². The molecule has 1 aromatic rings. The Kier molecular flexibility index (Phi) is 4.86. The van der Waals surface area contributed by atoms with E-state index >= 15 is 0 Å². The number of hydrogen-bond donors (Lipinski definition) is 2. The van der Waals surface area contributed by atoms with E-state index in [4.69, 9.17) is 5.73 Å². The van der Waals surface area contributed by atoms with Crippen LogP contribution < -0.4 is 5.73 Å². The number of aliphatic hydroxyl groups is 1. The van der Waals surface area contributed by atoms with Crippen LogP contribution >= 0.6 is 12.4 Å². The summed E-state index contributed by atoms with van der Waals surface area (Å²) >= 11 is 0. The third kappa shape index (κ3) is 2.94. The van der Waals surface area contributed by atoms with Crippen molar-refractivity contribution in [3.05, 3.63) is 35.4 Å². The normalized spacial score (nSPS) is 19.1. The summed E-state index contributed by atoms with van der Waals surface area (Å²) in [6.07, 6.45) is 2.20. The molecule has 1 aromatic carbocycles. The van der Waals surface area contributed by atoms with Crippen LogP contribution in [0.4, 0.5) is 8.78 Å². The van der Waals surface area contributed by atoms with Crippen LogP contribution in [-0.2, 0) is 0 Å². The van der Waals surface area contributed by atoms with Gasteiger partial charge in [0.05, 0.1) is 12.1 Å². The van der Waals surface area contributed by atoms with Gasteiger partial charge in [0.15, 0.2) is 0 Å². The fraction of sp³-hybridized carbons (Fsp3) is 0.500. The molecule has 1 aliphatic rings. The number of benzene rings is 1. The Morgan fingerprint density at radius 2 is 1.94 bits per heavy atom. The fourth-order valence-corrected chi connectivity index (χ4v) is 2.03. The molecule has 17 heavy (non-hydrogen) atoms. The van der Waals surface area contributed by atoms with E-state index in [1.807, 2.05) is 0 Å². The minimum absolute atomic E-state index is 0. The molecule has 0 bridgehead atoms. The Morgan fingerprint density at radius 3 is 2.41 bits per heavy atom. The van der Waals surface area contributed by atoms with Crippen LogP contribution in [0.1, 0.15) is 30.9 Å². The van der Waals surface area contributed by atoms with Crippen molar-refractivity contribution in [2.24, 2.45) is 11.7 Å². The lowest BCUT2D eigenvalue weighted by molar-refractivity contribution is 0.0404. The molecule has 1 aliphatic carbocycles. The molecule has 3 N–H and O–H groups in total. The van der Waals surface area contributed by atoms with E-state index in [0.29, 0.717) is 0 Å². The van der Waals surface area contributed by atoms with Crippen LogP contribution in [0.25, 0.3) is 0 Å². The van der Waals surface area contributed by atoms with Gasteiger partial charge in [-0.05, 0) is 24.8 Å². The predicted octanol–water partition coefficient (Wildman–Crippen LogP) is 2.55. The molecule has 1 saturated carbocycles. The van der Waals surface area contributed by atoms with E-state index in [2.05, 4.69) is 0 Å². The number of nitrogens with two attached hydrogens (primary N) is 1. The molecule has 1 fully saturated rings. The second kappa shape index (κ2) is 5.76. The summed E-state index contributed by atoms with van der Waals surface area (Å²) in [6, 6.07) is 2.48. The third-order valence-corrected chi connectivity index (χ3v) is 3.32. The second-order valence-electron chi connectivity index (χ2n) is 4.37. The topological polar surface area (TPSA) is 46.2 Å². The quantitative estimate of drug-likeness (QED) is 0.880. The van der Waals surface area contributed by atoms with Gasteiger partial charge in [-0.25, -0.2) is 8.78 Å². The summed E-state index contributed by atoms with van der Waals surface area (Å²) in [5.41, 5.74) is 5.97. The second-order valence-corrected chi connectivity index (χ2v) is 4.37. The Bertz CT molecular complexity index is 385. The van der Waals surface area contributed by atoms with Crippen molar-refractivity contribution in [2.45, 2.75) is 31.4 Å². The summed E-state index contributed by atoms with van der Waals surface area (Å²) in [4.78, 5) is 0. The predicted molar refractivity (Wildman–Crippen MR) is 63.9 cm³/mol. The molecule has 0 amide bonds. The lowest BCUT2D eigenvalue weighted by atomic mass is 9.77. The van der Waals surface area contributed by atoms with Gasteiger partial charge in [-0.15, -0.1) is 12.4 Å². The van der Waals surface area contributed by atoms with Gasteiger partial charge in [0.1, 0.15) is 11.6 Å². The Balaban J connectivity index is 0.00000144. The van der Waals surface area contributed by atoms with Crippen LogP contribution in [0.3, 0.4) is 0 Å². The van der Waals surface area contributed by atoms with Crippen molar-refractivity contribution in [3.8, 4) is 0 Å². The SMILES string of the molecule is Cl.N[C@@H](c1ccc(F)cc1F)[C@H](O)C1CCC1. The van der Waals surface area contributed by atoms with Crippen molar-refractivity contribution in [2.75, 3.05) is 0 Å². The first-order valence-electron chi connectivity index (χ1n) is 5.48. The number of aliphatic hydroxyl groups excluding tert-OH is 1. The molecule has 0 heterocycles. The molecule has 96 valence electrons. The summed E-state index contributed by atoms with van der Waals surface area (Å²) in [6.45, 7) is 0. The molecule has 0 aromatic heterocycles. The zero-order valence-corrected chi connectivity index (χ0v) is 10.1. The zero-order chi connectivity index (χ0) is 11.7. The summed E-state index contributed by atoms with van der Waals surface area (Å²) < 4.78 is 26.1. The lowest BCUT2D eigenvalue weighted by Crippen LogP contribution is -2.36. The Hall–Kier alpha value is -0.710.